The summed E-state index contributed by atoms with van der Waals surface area (Å²) in [7, 11) is -8.83. The molecule has 0 spiro atoms. The van der Waals surface area contributed by atoms with Crippen LogP contribution >= 0.6 is 0 Å². The SMILES string of the molecule is CCOC(=O)C(C)OC(=O)C(NS(=O)(=O)CCCS(=O)(=O)F)C(C)C. The van der Waals surface area contributed by atoms with Crippen molar-refractivity contribution in [3.63, 3.8) is 0 Å². The maximum absolute atomic E-state index is 12.4. The standard InChI is InChI=1S/C13H24FNO8S2/c1-5-22-12(16)10(4)23-13(17)11(9(2)3)15-25(20,21)8-6-7-24(14,18)19/h9-11,15H,5-8H2,1-4H3. The molecule has 0 radical (unpaired) electrons. The summed E-state index contributed by atoms with van der Waals surface area (Å²) in [5.74, 6) is -3.88. The molecule has 0 fully saturated rings. The lowest BCUT2D eigenvalue weighted by Crippen LogP contribution is -2.47. The van der Waals surface area contributed by atoms with E-state index in [-0.39, 0.29) is 6.61 Å². The molecule has 0 aliphatic heterocycles. The minimum absolute atomic E-state index is 0.0957. The maximum Gasteiger partial charge on any atom is 0.347 e. The monoisotopic (exact) mass is 405 g/mol. The maximum atomic E-state index is 12.4. The Balaban J connectivity index is 4.88. The van der Waals surface area contributed by atoms with Crippen molar-refractivity contribution >= 4 is 32.2 Å². The van der Waals surface area contributed by atoms with E-state index in [4.69, 9.17) is 4.74 Å². The second kappa shape index (κ2) is 10.0. The summed E-state index contributed by atoms with van der Waals surface area (Å²) in [6.45, 7) is 6.06. The third-order valence-electron chi connectivity index (χ3n) is 2.94. The van der Waals surface area contributed by atoms with Gasteiger partial charge in [0.15, 0.2) is 6.10 Å². The van der Waals surface area contributed by atoms with Crippen LogP contribution in [0.3, 0.4) is 0 Å². The highest BCUT2D eigenvalue weighted by atomic mass is 32.3. The average Bonchev–Trinajstić information content (AvgIpc) is 2.42. The summed E-state index contributed by atoms with van der Waals surface area (Å²) >= 11 is 0. The van der Waals surface area contributed by atoms with Crippen LogP contribution < -0.4 is 4.72 Å². The molecule has 2 unspecified atom stereocenters. The van der Waals surface area contributed by atoms with E-state index in [1.54, 1.807) is 20.8 Å². The predicted octanol–water partition coefficient (Wildman–Crippen LogP) is 0.115. The zero-order valence-corrected chi connectivity index (χ0v) is 16.2. The van der Waals surface area contributed by atoms with E-state index in [2.05, 4.69) is 9.46 Å². The Kier molecular flexibility index (Phi) is 9.51. The highest BCUT2D eigenvalue weighted by Crippen LogP contribution is 2.09. The van der Waals surface area contributed by atoms with E-state index in [0.717, 1.165) is 0 Å². The number of halogens is 1. The molecule has 148 valence electrons. The van der Waals surface area contributed by atoms with E-state index in [1.807, 2.05) is 0 Å². The molecule has 0 saturated heterocycles. The molecule has 0 bridgehead atoms. The first kappa shape index (κ1) is 23.7. The van der Waals surface area contributed by atoms with Gasteiger partial charge >= 0.3 is 22.2 Å². The normalized spacial score (nSPS) is 14.8. The molecule has 12 heteroatoms. The molecular weight excluding hydrogens is 381 g/mol. The second-order valence-electron chi connectivity index (χ2n) is 5.59. The van der Waals surface area contributed by atoms with Crippen LogP contribution in [0.2, 0.25) is 0 Å². The third kappa shape index (κ3) is 10.3. The van der Waals surface area contributed by atoms with E-state index in [9.17, 15) is 30.3 Å². The van der Waals surface area contributed by atoms with Crippen molar-refractivity contribution in [1.82, 2.24) is 4.72 Å². The van der Waals surface area contributed by atoms with Crippen LogP contribution in [0.4, 0.5) is 3.89 Å². The van der Waals surface area contributed by atoms with Gasteiger partial charge in [-0.2, -0.15) is 8.42 Å². The molecule has 0 amide bonds. The predicted molar refractivity (Wildman–Crippen MR) is 87.2 cm³/mol. The van der Waals surface area contributed by atoms with Gasteiger partial charge in [-0.25, -0.2) is 17.9 Å². The van der Waals surface area contributed by atoms with Gasteiger partial charge in [0.05, 0.1) is 18.1 Å². The van der Waals surface area contributed by atoms with Gasteiger partial charge in [-0.1, -0.05) is 13.8 Å². The van der Waals surface area contributed by atoms with E-state index in [1.165, 1.54) is 6.92 Å². The van der Waals surface area contributed by atoms with E-state index >= 15 is 0 Å². The molecular formula is C13H24FNO8S2. The number of sulfonamides is 1. The van der Waals surface area contributed by atoms with Crippen LogP contribution in [0.1, 0.15) is 34.1 Å². The Morgan fingerprint density at radius 1 is 1.04 bits per heavy atom. The quantitative estimate of drug-likeness (QED) is 0.378. The number of esters is 2. The van der Waals surface area contributed by atoms with Gasteiger partial charge in [-0.3, -0.25) is 4.79 Å². The molecule has 25 heavy (non-hydrogen) atoms. The van der Waals surface area contributed by atoms with E-state index in [0.29, 0.717) is 0 Å². The molecule has 0 rings (SSSR count). The third-order valence-corrected chi connectivity index (χ3v) is 5.16. The molecule has 2 atom stereocenters. The van der Waals surface area contributed by atoms with Crippen molar-refractivity contribution in [3.8, 4) is 0 Å². The molecule has 0 heterocycles. The zero-order valence-electron chi connectivity index (χ0n) is 14.5. The fourth-order valence-electron chi connectivity index (χ4n) is 1.69. The summed E-state index contributed by atoms with van der Waals surface area (Å²) in [6.07, 6.45) is -1.68. The molecule has 1 N–H and O–H groups in total. The Hall–Kier alpha value is -1.27. The van der Waals surface area contributed by atoms with Crippen LogP contribution in [0.15, 0.2) is 0 Å². The van der Waals surface area contributed by atoms with Crippen molar-refractivity contribution in [1.29, 1.82) is 0 Å². The van der Waals surface area contributed by atoms with Crippen molar-refractivity contribution in [2.24, 2.45) is 5.92 Å². The molecule has 0 saturated carbocycles. The van der Waals surface area contributed by atoms with Crippen molar-refractivity contribution in [2.45, 2.75) is 46.3 Å². The molecule has 0 aromatic carbocycles. The van der Waals surface area contributed by atoms with Crippen molar-refractivity contribution < 1.29 is 39.8 Å². The lowest BCUT2D eigenvalue weighted by molar-refractivity contribution is -0.167. The molecule has 0 aromatic heterocycles. The fourth-order valence-corrected chi connectivity index (χ4v) is 3.75. The number of rotatable bonds is 11. The van der Waals surface area contributed by atoms with Crippen LogP contribution in [0.5, 0.6) is 0 Å². The lowest BCUT2D eigenvalue weighted by Gasteiger charge is -2.22. The molecule has 0 aliphatic rings. The van der Waals surface area contributed by atoms with Crippen LogP contribution in [-0.4, -0.2) is 59.0 Å². The highest BCUT2D eigenvalue weighted by molar-refractivity contribution is 7.89. The molecule has 9 nitrogen and oxygen atoms in total. The van der Waals surface area contributed by atoms with Crippen molar-refractivity contribution in [2.75, 3.05) is 18.1 Å². The Morgan fingerprint density at radius 3 is 2.04 bits per heavy atom. The van der Waals surface area contributed by atoms with E-state index < -0.39 is 68.2 Å². The molecule has 0 aliphatic carbocycles. The summed E-state index contributed by atoms with van der Waals surface area (Å²) in [5.41, 5.74) is 0. The minimum Gasteiger partial charge on any atom is -0.463 e. The van der Waals surface area contributed by atoms with Gasteiger partial charge in [0.25, 0.3) is 0 Å². The molecule has 0 aromatic rings. The lowest BCUT2D eigenvalue weighted by atomic mass is 10.1. The minimum atomic E-state index is -4.77. The summed E-state index contributed by atoms with van der Waals surface area (Å²) in [6, 6.07) is -1.29. The largest absolute Gasteiger partial charge is 0.463 e. The Labute approximate surface area is 147 Å². The number of ether oxygens (including phenoxy) is 2. The Morgan fingerprint density at radius 2 is 1.60 bits per heavy atom. The summed E-state index contributed by atoms with van der Waals surface area (Å²) in [4.78, 5) is 23.6. The first-order valence-corrected chi connectivity index (χ1v) is 10.8. The number of hydrogen-bond acceptors (Lipinski definition) is 8. The smallest absolute Gasteiger partial charge is 0.347 e. The first-order valence-electron chi connectivity index (χ1n) is 7.58. The van der Waals surface area contributed by atoms with Gasteiger partial charge in [-0.05, 0) is 26.2 Å². The second-order valence-corrected chi connectivity index (χ2v) is 8.95. The fraction of sp³-hybridized carbons (Fsp3) is 0.846. The Bertz CT molecular complexity index is 660. The van der Waals surface area contributed by atoms with Gasteiger partial charge in [0.1, 0.15) is 6.04 Å². The number of nitrogens with one attached hydrogen (secondary N) is 1. The van der Waals surface area contributed by atoms with Gasteiger partial charge in [0.2, 0.25) is 10.0 Å². The van der Waals surface area contributed by atoms with Crippen LogP contribution in [0.25, 0.3) is 0 Å². The number of carbonyl (C=O) groups is 2. The average molecular weight is 405 g/mol. The zero-order chi connectivity index (χ0) is 19.8. The highest BCUT2D eigenvalue weighted by Gasteiger charge is 2.31. The van der Waals surface area contributed by atoms with Crippen LogP contribution in [0, 0.1) is 5.92 Å². The number of carbonyl (C=O) groups excluding carboxylic acids is 2. The number of hydrogen-bond donors (Lipinski definition) is 1. The summed E-state index contributed by atoms with van der Waals surface area (Å²) < 4.78 is 68.7. The first-order chi connectivity index (χ1) is 11.3. The summed E-state index contributed by atoms with van der Waals surface area (Å²) in [5, 5.41) is 0. The van der Waals surface area contributed by atoms with Gasteiger partial charge in [-0.15, -0.1) is 3.89 Å². The van der Waals surface area contributed by atoms with Crippen LogP contribution in [-0.2, 0) is 39.3 Å². The topological polar surface area (TPSA) is 133 Å². The van der Waals surface area contributed by atoms with Crippen molar-refractivity contribution in [3.05, 3.63) is 0 Å². The van der Waals surface area contributed by atoms with Gasteiger partial charge in [0, 0.05) is 0 Å². The van der Waals surface area contributed by atoms with Gasteiger partial charge < -0.3 is 9.47 Å².